The van der Waals surface area contributed by atoms with Crippen molar-refractivity contribution in [2.45, 2.75) is 12.8 Å². The standard InChI is InChI=1S/C16H16INO/c1-12(13-6-3-2-4-7-13)11-18-16(19)14-8-5-9-15(17)10-14/h2-10,12H,11H2,1H3,(H,18,19)/t12-/m1/s1. The normalized spacial score (nSPS) is 11.9. The smallest absolute Gasteiger partial charge is 0.251 e. The zero-order chi connectivity index (χ0) is 13.7. The van der Waals surface area contributed by atoms with E-state index in [0.717, 1.165) is 3.57 Å². The molecule has 0 saturated carbocycles. The van der Waals surface area contributed by atoms with Gasteiger partial charge in [0.05, 0.1) is 0 Å². The summed E-state index contributed by atoms with van der Waals surface area (Å²) in [6.45, 7) is 2.76. The van der Waals surface area contributed by atoms with Gasteiger partial charge in [-0.25, -0.2) is 0 Å². The highest BCUT2D eigenvalue weighted by molar-refractivity contribution is 14.1. The van der Waals surface area contributed by atoms with Gasteiger partial charge in [-0.1, -0.05) is 43.3 Å². The molecule has 0 fully saturated rings. The molecule has 0 unspecified atom stereocenters. The number of carbonyl (C=O) groups is 1. The summed E-state index contributed by atoms with van der Waals surface area (Å²) in [6, 6.07) is 17.8. The molecule has 1 N–H and O–H groups in total. The second-order valence-corrected chi connectivity index (χ2v) is 5.78. The van der Waals surface area contributed by atoms with Crippen LogP contribution in [0, 0.1) is 3.57 Å². The fourth-order valence-electron chi connectivity index (χ4n) is 1.88. The Morgan fingerprint density at radius 2 is 1.89 bits per heavy atom. The molecule has 0 saturated heterocycles. The number of hydrogen-bond donors (Lipinski definition) is 1. The Kier molecular flexibility index (Phi) is 4.96. The second-order valence-electron chi connectivity index (χ2n) is 4.53. The molecule has 1 amide bonds. The molecule has 1 atom stereocenters. The van der Waals surface area contributed by atoms with Gasteiger partial charge >= 0.3 is 0 Å². The van der Waals surface area contributed by atoms with Gasteiger partial charge in [0.2, 0.25) is 0 Å². The first-order valence-electron chi connectivity index (χ1n) is 6.25. The van der Waals surface area contributed by atoms with Crippen LogP contribution in [0.5, 0.6) is 0 Å². The zero-order valence-corrected chi connectivity index (χ0v) is 12.9. The molecule has 2 aromatic rings. The minimum atomic E-state index is -0.0127. The molecule has 0 aliphatic rings. The number of benzene rings is 2. The molecule has 0 spiro atoms. The van der Waals surface area contributed by atoms with E-state index < -0.39 is 0 Å². The van der Waals surface area contributed by atoms with Crippen LogP contribution in [0.3, 0.4) is 0 Å². The Morgan fingerprint density at radius 3 is 2.58 bits per heavy atom. The molecule has 2 aromatic carbocycles. The van der Waals surface area contributed by atoms with E-state index in [2.05, 4.69) is 47.0 Å². The predicted molar refractivity (Wildman–Crippen MR) is 86.3 cm³/mol. The predicted octanol–water partition coefficient (Wildman–Crippen LogP) is 3.82. The van der Waals surface area contributed by atoms with Gasteiger partial charge in [-0.15, -0.1) is 0 Å². The number of amides is 1. The quantitative estimate of drug-likeness (QED) is 0.820. The zero-order valence-electron chi connectivity index (χ0n) is 10.8. The lowest BCUT2D eigenvalue weighted by atomic mass is 10.0. The molecule has 0 aliphatic carbocycles. The van der Waals surface area contributed by atoms with Crippen molar-refractivity contribution in [3.63, 3.8) is 0 Å². The molecule has 0 heterocycles. The Morgan fingerprint density at radius 1 is 1.16 bits per heavy atom. The van der Waals surface area contributed by atoms with Crippen LogP contribution in [-0.2, 0) is 0 Å². The molecular weight excluding hydrogens is 349 g/mol. The van der Waals surface area contributed by atoms with Gasteiger partial charge in [-0.2, -0.15) is 0 Å². The summed E-state index contributed by atoms with van der Waals surface area (Å²) >= 11 is 2.21. The fourth-order valence-corrected chi connectivity index (χ4v) is 2.42. The summed E-state index contributed by atoms with van der Waals surface area (Å²) in [5, 5.41) is 2.98. The number of halogens is 1. The molecule has 98 valence electrons. The highest BCUT2D eigenvalue weighted by atomic mass is 127. The van der Waals surface area contributed by atoms with Crippen molar-refractivity contribution in [3.8, 4) is 0 Å². The molecule has 3 heteroatoms. The van der Waals surface area contributed by atoms with Crippen LogP contribution >= 0.6 is 22.6 Å². The van der Waals surface area contributed by atoms with Crippen molar-refractivity contribution in [1.82, 2.24) is 5.32 Å². The van der Waals surface area contributed by atoms with Gasteiger partial charge < -0.3 is 5.32 Å². The van der Waals surface area contributed by atoms with Gasteiger partial charge in [0, 0.05) is 15.7 Å². The summed E-state index contributed by atoms with van der Waals surface area (Å²) in [4.78, 5) is 12.0. The molecular formula is C16H16INO. The lowest BCUT2D eigenvalue weighted by Gasteiger charge is -2.13. The van der Waals surface area contributed by atoms with E-state index >= 15 is 0 Å². The largest absolute Gasteiger partial charge is 0.351 e. The van der Waals surface area contributed by atoms with E-state index in [-0.39, 0.29) is 5.91 Å². The minimum Gasteiger partial charge on any atom is -0.351 e. The van der Waals surface area contributed by atoms with Crippen molar-refractivity contribution in [2.24, 2.45) is 0 Å². The van der Waals surface area contributed by atoms with Gasteiger partial charge in [0.25, 0.3) is 5.91 Å². The highest BCUT2D eigenvalue weighted by Gasteiger charge is 2.09. The topological polar surface area (TPSA) is 29.1 Å². The average molecular weight is 365 g/mol. The van der Waals surface area contributed by atoms with E-state index in [9.17, 15) is 4.79 Å². The summed E-state index contributed by atoms with van der Waals surface area (Å²) in [5.74, 6) is 0.300. The van der Waals surface area contributed by atoms with Gasteiger partial charge in [0.15, 0.2) is 0 Å². The molecule has 19 heavy (non-hydrogen) atoms. The van der Waals surface area contributed by atoms with E-state index in [1.807, 2.05) is 42.5 Å². The SMILES string of the molecule is C[C@H](CNC(=O)c1cccc(I)c1)c1ccccc1. The lowest BCUT2D eigenvalue weighted by molar-refractivity contribution is 0.0951. The first-order chi connectivity index (χ1) is 9.16. The van der Waals surface area contributed by atoms with E-state index in [1.54, 1.807) is 0 Å². The average Bonchev–Trinajstić information content (AvgIpc) is 2.45. The molecule has 0 aromatic heterocycles. The Bertz CT molecular complexity index is 554. The number of carbonyl (C=O) groups excluding carboxylic acids is 1. The van der Waals surface area contributed by atoms with Crippen molar-refractivity contribution >= 4 is 28.5 Å². The monoisotopic (exact) mass is 365 g/mol. The molecule has 2 nitrogen and oxygen atoms in total. The second kappa shape index (κ2) is 6.70. The third kappa shape index (κ3) is 4.06. The van der Waals surface area contributed by atoms with Gasteiger partial charge in [0.1, 0.15) is 0 Å². The maximum atomic E-state index is 12.0. The maximum absolute atomic E-state index is 12.0. The fraction of sp³-hybridized carbons (Fsp3) is 0.188. The van der Waals surface area contributed by atoms with Crippen molar-refractivity contribution in [2.75, 3.05) is 6.54 Å². The first kappa shape index (κ1) is 14.1. The van der Waals surface area contributed by atoms with Crippen LogP contribution in [0.1, 0.15) is 28.8 Å². The Hall–Kier alpha value is -1.36. The lowest BCUT2D eigenvalue weighted by Crippen LogP contribution is -2.27. The van der Waals surface area contributed by atoms with Crippen LogP contribution in [0.25, 0.3) is 0 Å². The summed E-state index contributed by atoms with van der Waals surface area (Å²) in [5.41, 5.74) is 1.96. The Balaban J connectivity index is 1.94. The highest BCUT2D eigenvalue weighted by Crippen LogP contribution is 2.13. The van der Waals surface area contributed by atoms with Crippen LogP contribution in [-0.4, -0.2) is 12.5 Å². The summed E-state index contributed by atoms with van der Waals surface area (Å²) in [6.07, 6.45) is 0. The van der Waals surface area contributed by atoms with Crippen LogP contribution in [0.2, 0.25) is 0 Å². The molecule has 2 rings (SSSR count). The maximum Gasteiger partial charge on any atom is 0.251 e. The van der Waals surface area contributed by atoms with Crippen LogP contribution < -0.4 is 5.32 Å². The minimum absolute atomic E-state index is 0.0127. The van der Waals surface area contributed by atoms with Crippen molar-refractivity contribution in [1.29, 1.82) is 0 Å². The first-order valence-corrected chi connectivity index (χ1v) is 7.33. The third-order valence-electron chi connectivity index (χ3n) is 3.02. The summed E-state index contributed by atoms with van der Waals surface area (Å²) in [7, 11) is 0. The number of nitrogens with one attached hydrogen (secondary N) is 1. The van der Waals surface area contributed by atoms with Gasteiger partial charge in [-0.3, -0.25) is 4.79 Å². The third-order valence-corrected chi connectivity index (χ3v) is 3.70. The summed E-state index contributed by atoms with van der Waals surface area (Å²) < 4.78 is 1.07. The van der Waals surface area contributed by atoms with E-state index in [4.69, 9.17) is 0 Å². The van der Waals surface area contributed by atoms with E-state index in [0.29, 0.717) is 18.0 Å². The van der Waals surface area contributed by atoms with Crippen LogP contribution in [0.4, 0.5) is 0 Å². The van der Waals surface area contributed by atoms with Crippen molar-refractivity contribution < 1.29 is 4.79 Å². The van der Waals surface area contributed by atoms with E-state index in [1.165, 1.54) is 5.56 Å². The number of hydrogen-bond acceptors (Lipinski definition) is 1. The van der Waals surface area contributed by atoms with Gasteiger partial charge in [-0.05, 0) is 52.3 Å². The molecule has 0 radical (unpaired) electrons. The Labute approximate surface area is 127 Å². The van der Waals surface area contributed by atoms with Crippen molar-refractivity contribution in [3.05, 3.63) is 69.3 Å². The number of rotatable bonds is 4. The van der Waals surface area contributed by atoms with Crippen LogP contribution in [0.15, 0.2) is 54.6 Å². The molecule has 0 bridgehead atoms. The molecule has 0 aliphatic heterocycles.